The van der Waals surface area contributed by atoms with Crippen LogP contribution in [0, 0.1) is 0 Å². The molecule has 0 amide bonds. The van der Waals surface area contributed by atoms with E-state index in [-0.39, 0.29) is 22.4 Å². The molecule has 4 aromatic carbocycles. The van der Waals surface area contributed by atoms with Crippen molar-refractivity contribution in [1.82, 2.24) is 0 Å². The van der Waals surface area contributed by atoms with Crippen molar-refractivity contribution in [2.75, 3.05) is 0 Å². The molecule has 0 aliphatic heterocycles. The topological polar surface area (TPSA) is 34.1 Å². The van der Waals surface area contributed by atoms with Crippen molar-refractivity contribution in [3.05, 3.63) is 118 Å². The van der Waals surface area contributed by atoms with Crippen LogP contribution in [-0.4, -0.2) is 11.6 Å². The van der Waals surface area contributed by atoms with Gasteiger partial charge in [-0.15, -0.1) is 0 Å². The minimum absolute atomic E-state index is 0.0570. The quantitative estimate of drug-likeness (QED) is 0.229. The zero-order valence-corrected chi connectivity index (χ0v) is 24.3. The largest absolute Gasteiger partial charge is 0.289 e. The highest BCUT2D eigenvalue weighted by Crippen LogP contribution is 2.45. The van der Waals surface area contributed by atoms with Crippen molar-refractivity contribution < 1.29 is 9.59 Å². The van der Waals surface area contributed by atoms with Crippen molar-refractivity contribution in [3.8, 4) is 0 Å². The van der Waals surface area contributed by atoms with Crippen LogP contribution in [0.15, 0.2) is 105 Å². The van der Waals surface area contributed by atoms with E-state index in [4.69, 9.17) is 0 Å². The first-order valence-corrected chi connectivity index (χ1v) is 14.5. The summed E-state index contributed by atoms with van der Waals surface area (Å²) in [6.07, 6.45) is 0. The van der Waals surface area contributed by atoms with Crippen LogP contribution in [0.1, 0.15) is 84.5 Å². The van der Waals surface area contributed by atoms with Crippen LogP contribution in [0.25, 0.3) is 0 Å². The predicted octanol–water partition coefficient (Wildman–Crippen LogP) is 9.36. The first-order chi connectivity index (χ1) is 17.9. The van der Waals surface area contributed by atoms with Gasteiger partial charge in [-0.05, 0) is 58.4 Å². The smallest absolute Gasteiger partial charge is 0.195 e. The number of carbonyl (C=O) groups excluding carboxylic acids is 2. The SMILES string of the molecule is CC(C)(C)c1ccc(Sc2ccc3c(c2Sc2ccc(C(C)(C)C)cc2)C(=O)c2ccccc2C3=O)cc1. The Morgan fingerprint density at radius 1 is 0.500 bits per heavy atom. The average molecular weight is 537 g/mol. The first-order valence-electron chi connectivity index (χ1n) is 12.9. The Bertz CT molecular complexity index is 1530. The summed E-state index contributed by atoms with van der Waals surface area (Å²) in [5.41, 5.74) is 4.62. The van der Waals surface area contributed by atoms with Crippen LogP contribution < -0.4 is 0 Å². The lowest BCUT2D eigenvalue weighted by atomic mass is 9.84. The fraction of sp³-hybridized carbons (Fsp3) is 0.235. The predicted molar refractivity (Wildman–Crippen MR) is 158 cm³/mol. The summed E-state index contributed by atoms with van der Waals surface area (Å²) in [7, 11) is 0. The lowest BCUT2D eigenvalue weighted by Crippen LogP contribution is -2.22. The van der Waals surface area contributed by atoms with Crippen molar-refractivity contribution in [2.24, 2.45) is 0 Å². The Hall–Kier alpha value is -3.08. The highest BCUT2D eigenvalue weighted by Gasteiger charge is 2.33. The molecular formula is C34H32O2S2. The van der Waals surface area contributed by atoms with Gasteiger partial charge in [0.05, 0.1) is 0 Å². The second-order valence-electron chi connectivity index (χ2n) is 11.8. The molecule has 0 bridgehead atoms. The van der Waals surface area contributed by atoms with Gasteiger partial charge in [-0.1, -0.05) is 114 Å². The maximum absolute atomic E-state index is 13.8. The van der Waals surface area contributed by atoms with Crippen LogP contribution in [-0.2, 0) is 10.8 Å². The van der Waals surface area contributed by atoms with Gasteiger partial charge >= 0.3 is 0 Å². The lowest BCUT2D eigenvalue weighted by molar-refractivity contribution is 0.0976. The standard InChI is InChI=1S/C34H32O2S2/c1-33(2,3)21-11-15-23(16-12-21)37-28-20-19-27-29(31(36)26-10-8-7-9-25(26)30(27)35)32(28)38-24-17-13-22(14-18-24)34(4,5)6/h7-20H,1-6H3. The fourth-order valence-electron chi connectivity index (χ4n) is 4.61. The Kier molecular flexibility index (Phi) is 6.91. The van der Waals surface area contributed by atoms with Gasteiger partial charge in [0.2, 0.25) is 0 Å². The molecule has 4 aromatic rings. The molecular weight excluding hydrogens is 505 g/mol. The molecule has 0 N–H and O–H groups in total. The summed E-state index contributed by atoms with van der Waals surface area (Å²) in [5, 5.41) is 0. The van der Waals surface area contributed by atoms with E-state index in [1.807, 2.05) is 24.3 Å². The molecule has 0 saturated carbocycles. The van der Waals surface area contributed by atoms with Gasteiger partial charge in [0, 0.05) is 41.8 Å². The maximum Gasteiger partial charge on any atom is 0.195 e. The third-order valence-electron chi connectivity index (χ3n) is 6.90. The molecule has 0 aromatic heterocycles. The van der Waals surface area contributed by atoms with Gasteiger partial charge in [-0.2, -0.15) is 0 Å². The molecule has 1 aliphatic rings. The normalized spacial score (nSPS) is 13.3. The van der Waals surface area contributed by atoms with E-state index in [1.54, 1.807) is 35.7 Å². The second-order valence-corrected chi connectivity index (χ2v) is 14.0. The zero-order chi connectivity index (χ0) is 27.2. The van der Waals surface area contributed by atoms with E-state index in [0.717, 1.165) is 19.6 Å². The van der Waals surface area contributed by atoms with Crippen LogP contribution in [0.3, 0.4) is 0 Å². The zero-order valence-electron chi connectivity index (χ0n) is 22.7. The molecule has 0 unspecified atom stereocenters. The fourth-order valence-corrected chi connectivity index (χ4v) is 6.70. The number of fused-ring (bicyclic) bond motifs is 2. The Morgan fingerprint density at radius 3 is 1.47 bits per heavy atom. The number of ketones is 2. The number of benzene rings is 4. The van der Waals surface area contributed by atoms with E-state index in [1.165, 1.54) is 11.1 Å². The van der Waals surface area contributed by atoms with Crippen molar-refractivity contribution >= 4 is 35.1 Å². The summed E-state index contributed by atoms with van der Waals surface area (Å²) in [5.74, 6) is -0.180. The number of carbonyl (C=O) groups is 2. The van der Waals surface area contributed by atoms with Crippen molar-refractivity contribution in [3.63, 3.8) is 0 Å². The van der Waals surface area contributed by atoms with Crippen LogP contribution in [0.4, 0.5) is 0 Å². The molecule has 0 spiro atoms. The molecule has 2 nitrogen and oxygen atoms in total. The summed E-state index contributed by atoms with van der Waals surface area (Å²) in [6, 6.07) is 28.1. The van der Waals surface area contributed by atoms with Crippen LogP contribution in [0.5, 0.6) is 0 Å². The van der Waals surface area contributed by atoms with Crippen molar-refractivity contribution in [1.29, 1.82) is 0 Å². The molecule has 1 aliphatic carbocycles. The van der Waals surface area contributed by atoms with E-state index < -0.39 is 0 Å². The van der Waals surface area contributed by atoms with E-state index >= 15 is 0 Å². The molecule has 38 heavy (non-hydrogen) atoms. The molecule has 0 saturated heterocycles. The second kappa shape index (κ2) is 9.91. The van der Waals surface area contributed by atoms with Gasteiger partial charge in [0.1, 0.15) is 0 Å². The molecule has 192 valence electrons. The summed E-state index contributed by atoms with van der Waals surface area (Å²) < 4.78 is 0. The monoisotopic (exact) mass is 536 g/mol. The minimum Gasteiger partial charge on any atom is -0.289 e. The Morgan fingerprint density at radius 2 is 0.974 bits per heavy atom. The van der Waals surface area contributed by atoms with Crippen molar-refractivity contribution in [2.45, 2.75) is 72.0 Å². The van der Waals surface area contributed by atoms with Gasteiger partial charge in [-0.25, -0.2) is 0 Å². The van der Waals surface area contributed by atoms with Gasteiger partial charge in [0.15, 0.2) is 11.6 Å². The molecule has 0 radical (unpaired) electrons. The third kappa shape index (κ3) is 5.12. The molecule has 5 rings (SSSR count). The highest BCUT2D eigenvalue weighted by molar-refractivity contribution is 8.02. The number of hydrogen-bond acceptors (Lipinski definition) is 4. The molecule has 4 heteroatoms. The average Bonchev–Trinajstić information content (AvgIpc) is 2.88. The lowest BCUT2D eigenvalue weighted by Gasteiger charge is -2.23. The van der Waals surface area contributed by atoms with Gasteiger partial charge < -0.3 is 0 Å². The van der Waals surface area contributed by atoms with Crippen LogP contribution >= 0.6 is 23.5 Å². The molecule has 0 atom stereocenters. The van der Waals surface area contributed by atoms with Gasteiger partial charge in [-0.3, -0.25) is 9.59 Å². The van der Waals surface area contributed by atoms with E-state index in [0.29, 0.717) is 22.3 Å². The highest BCUT2D eigenvalue weighted by atomic mass is 32.2. The summed E-state index contributed by atoms with van der Waals surface area (Å²) in [6.45, 7) is 13.2. The first kappa shape index (κ1) is 26.5. The van der Waals surface area contributed by atoms with Gasteiger partial charge in [0.25, 0.3) is 0 Å². The van der Waals surface area contributed by atoms with E-state index in [2.05, 4.69) is 90.1 Å². The Balaban J connectivity index is 1.61. The number of hydrogen-bond donors (Lipinski definition) is 0. The Labute approximate surface area is 234 Å². The minimum atomic E-state index is -0.0915. The molecule has 0 heterocycles. The molecule has 0 fully saturated rings. The third-order valence-corrected chi connectivity index (χ3v) is 9.23. The number of rotatable bonds is 4. The van der Waals surface area contributed by atoms with Crippen LogP contribution in [0.2, 0.25) is 0 Å². The van der Waals surface area contributed by atoms with E-state index in [9.17, 15) is 9.59 Å². The summed E-state index contributed by atoms with van der Waals surface area (Å²) >= 11 is 3.19. The summed E-state index contributed by atoms with van der Waals surface area (Å²) in [4.78, 5) is 31.2. The maximum atomic E-state index is 13.8.